The Bertz CT molecular complexity index is 163. The van der Waals surface area contributed by atoms with E-state index in [4.69, 9.17) is 5.11 Å². The van der Waals surface area contributed by atoms with Crippen LogP contribution in [0.4, 0.5) is 0 Å². The first-order chi connectivity index (χ1) is 3.80. The molecule has 0 bridgehead atoms. The predicted molar refractivity (Wildman–Crippen MR) is 28.2 cm³/mol. The zero-order valence-corrected chi connectivity index (χ0v) is 4.16. The number of rotatable bonds is 0. The lowest BCUT2D eigenvalue weighted by molar-refractivity contribution is 0.325. The molecule has 0 unspecified atom stereocenters. The lowest BCUT2D eigenvalue weighted by atomic mass is 10.3. The fourth-order valence-corrected chi connectivity index (χ4v) is 0.457. The topological polar surface area (TPSA) is 40.1 Å². The maximum Gasteiger partial charge on any atom is 0.220 e. The van der Waals surface area contributed by atoms with Crippen LogP contribution in [0.3, 0.4) is 0 Å². The van der Waals surface area contributed by atoms with Crippen LogP contribution in [-0.4, -0.2) is 5.11 Å². The standard InChI is InChI=1S/C6H5O2/c7-5-3-1-2-4-6(5)8/h1-4,7H. The van der Waals surface area contributed by atoms with E-state index in [0.717, 1.165) is 0 Å². The Hall–Kier alpha value is -1.18. The molecule has 41 valence electrons. The van der Waals surface area contributed by atoms with Gasteiger partial charge in [-0.25, -0.2) is 0 Å². The summed E-state index contributed by atoms with van der Waals surface area (Å²) < 4.78 is 0. The van der Waals surface area contributed by atoms with Crippen LogP contribution in [0.2, 0.25) is 0 Å². The second-order valence-corrected chi connectivity index (χ2v) is 1.47. The highest BCUT2D eigenvalue weighted by Crippen LogP contribution is 2.22. The second-order valence-electron chi connectivity index (χ2n) is 1.47. The highest BCUT2D eigenvalue weighted by Gasteiger charge is 1.93. The summed E-state index contributed by atoms with van der Waals surface area (Å²) in [5.41, 5.74) is 0. The number of hydrogen-bond acceptors (Lipinski definition) is 1. The third kappa shape index (κ3) is 0.729. The van der Waals surface area contributed by atoms with Gasteiger partial charge in [-0.2, -0.15) is 0 Å². The van der Waals surface area contributed by atoms with E-state index in [2.05, 4.69) is 0 Å². The lowest BCUT2D eigenvalue weighted by Crippen LogP contribution is -1.61. The van der Waals surface area contributed by atoms with E-state index >= 15 is 0 Å². The van der Waals surface area contributed by atoms with Gasteiger partial charge in [-0.3, -0.25) is 5.11 Å². The average Bonchev–Trinajstić information content (AvgIpc) is 1.77. The van der Waals surface area contributed by atoms with Crippen molar-refractivity contribution in [3.05, 3.63) is 24.3 Å². The zero-order valence-electron chi connectivity index (χ0n) is 4.16. The van der Waals surface area contributed by atoms with Crippen LogP contribution in [0.15, 0.2) is 24.3 Å². The van der Waals surface area contributed by atoms with Crippen LogP contribution in [0.1, 0.15) is 0 Å². The molecule has 8 heavy (non-hydrogen) atoms. The van der Waals surface area contributed by atoms with Gasteiger partial charge in [0.15, 0.2) is 5.75 Å². The van der Waals surface area contributed by atoms with Crippen LogP contribution < -0.4 is 0 Å². The molecule has 0 aliphatic carbocycles. The summed E-state index contributed by atoms with van der Waals surface area (Å²) in [5, 5.41) is 19.0. The number of para-hydroxylation sites is 2. The van der Waals surface area contributed by atoms with Gasteiger partial charge in [-0.1, -0.05) is 12.1 Å². The molecule has 0 aliphatic heterocycles. The minimum absolute atomic E-state index is 0.187. The molecule has 0 aliphatic rings. The van der Waals surface area contributed by atoms with Crippen molar-refractivity contribution < 1.29 is 10.2 Å². The largest absolute Gasteiger partial charge is 0.504 e. The highest BCUT2D eigenvalue weighted by molar-refractivity contribution is 5.35. The van der Waals surface area contributed by atoms with Crippen LogP contribution in [0.25, 0.3) is 0 Å². The molecule has 0 saturated heterocycles. The van der Waals surface area contributed by atoms with Gasteiger partial charge in [0.1, 0.15) is 0 Å². The van der Waals surface area contributed by atoms with Crippen molar-refractivity contribution in [2.45, 2.75) is 0 Å². The molecule has 0 saturated carbocycles. The fraction of sp³-hybridized carbons (Fsp3) is 0. The predicted octanol–water partition coefficient (Wildman–Crippen LogP) is 1.54. The van der Waals surface area contributed by atoms with E-state index in [1.807, 2.05) is 0 Å². The zero-order chi connectivity index (χ0) is 5.98. The third-order valence-electron chi connectivity index (χ3n) is 0.865. The van der Waals surface area contributed by atoms with Gasteiger partial charge in [0.05, 0.1) is 0 Å². The molecule has 0 spiro atoms. The molecule has 0 amide bonds. The number of aromatic hydroxyl groups is 1. The Labute approximate surface area is 47.0 Å². The van der Waals surface area contributed by atoms with E-state index in [-0.39, 0.29) is 11.5 Å². The van der Waals surface area contributed by atoms with Crippen LogP contribution >= 0.6 is 0 Å². The molecule has 1 rings (SSSR count). The second kappa shape index (κ2) is 1.74. The maximum absolute atomic E-state index is 10.4. The number of phenols is 1. The first kappa shape index (κ1) is 4.97. The first-order valence-electron chi connectivity index (χ1n) is 2.26. The summed E-state index contributed by atoms with van der Waals surface area (Å²) in [6, 6.07) is 5.87. The lowest BCUT2D eigenvalue weighted by Gasteiger charge is -1.87. The van der Waals surface area contributed by atoms with Crippen molar-refractivity contribution >= 4 is 0 Å². The highest BCUT2D eigenvalue weighted by atomic mass is 16.3. The summed E-state index contributed by atoms with van der Waals surface area (Å²) >= 11 is 0. The van der Waals surface area contributed by atoms with Crippen LogP contribution in [0.5, 0.6) is 11.5 Å². The molecule has 2 nitrogen and oxygen atoms in total. The monoisotopic (exact) mass is 109 g/mol. The average molecular weight is 109 g/mol. The molecule has 1 N–H and O–H groups in total. The Balaban J connectivity index is 3.13. The smallest absolute Gasteiger partial charge is 0.220 e. The van der Waals surface area contributed by atoms with Crippen LogP contribution in [-0.2, 0) is 5.11 Å². The van der Waals surface area contributed by atoms with Gasteiger partial charge in [0.25, 0.3) is 0 Å². The van der Waals surface area contributed by atoms with E-state index in [9.17, 15) is 5.11 Å². The van der Waals surface area contributed by atoms with Gasteiger partial charge in [-0.05, 0) is 12.1 Å². The van der Waals surface area contributed by atoms with E-state index in [1.165, 1.54) is 12.1 Å². The summed E-state index contributed by atoms with van der Waals surface area (Å²) in [6.07, 6.45) is 0. The minimum Gasteiger partial charge on any atom is -0.504 e. The number of benzene rings is 1. The summed E-state index contributed by atoms with van der Waals surface area (Å²) in [5.74, 6) is -0.514. The Morgan fingerprint density at radius 2 is 1.88 bits per heavy atom. The Morgan fingerprint density at radius 3 is 2.25 bits per heavy atom. The molecule has 0 heterocycles. The molecule has 1 aromatic rings. The summed E-state index contributed by atoms with van der Waals surface area (Å²) in [7, 11) is 0. The minimum atomic E-state index is -0.326. The van der Waals surface area contributed by atoms with Crippen molar-refractivity contribution in [2.24, 2.45) is 0 Å². The van der Waals surface area contributed by atoms with Crippen molar-refractivity contribution in [3.63, 3.8) is 0 Å². The summed E-state index contributed by atoms with van der Waals surface area (Å²) in [4.78, 5) is 0. The van der Waals surface area contributed by atoms with Gasteiger partial charge in [0, 0.05) is 0 Å². The van der Waals surface area contributed by atoms with E-state index in [1.54, 1.807) is 12.1 Å². The van der Waals surface area contributed by atoms with Gasteiger partial charge < -0.3 is 5.11 Å². The van der Waals surface area contributed by atoms with Crippen LogP contribution in [0, 0.1) is 0 Å². The normalized spacial score (nSPS) is 9.00. The van der Waals surface area contributed by atoms with E-state index < -0.39 is 0 Å². The fourth-order valence-electron chi connectivity index (χ4n) is 0.457. The Kier molecular flexibility index (Phi) is 1.08. The molecule has 1 radical (unpaired) electrons. The number of phenolic OH excluding ortho intramolecular Hbond substituents is 1. The molecular formula is C6H5O2. The third-order valence-corrected chi connectivity index (χ3v) is 0.865. The van der Waals surface area contributed by atoms with Gasteiger partial charge >= 0.3 is 0 Å². The molecule has 0 atom stereocenters. The SMILES string of the molecule is [O]c1ccccc1O. The maximum atomic E-state index is 10.4. The van der Waals surface area contributed by atoms with E-state index in [0.29, 0.717) is 0 Å². The van der Waals surface area contributed by atoms with Crippen molar-refractivity contribution in [1.29, 1.82) is 0 Å². The number of hydrogen-bond donors (Lipinski definition) is 1. The molecule has 1 aromatic carbocycles. The van der Waals surface area contributed by atoms with Crippen molar-refractivity contribution in [1.82, 2.24) is 0 Å². The Morgan fingerprint density at radius 1 is 1.25 bits per heavy atom. The first-order valence-corrected chi connectivity index (χ1v) is 2.26. The van der Waals surface area contributed by atoms with Crippen molar-refractivity contribution in [2.75, 3.05) is 0 Å². The quantitative estimate of drug-likeness (QED) is 0.539. The van der Waals surface area contributed by atoms with Gasteiger partial charge in [-0.15, -0.1) is 0 Å². The molecular weight excluding hydrogens is 104 g/mol. The molecule has 0 fully saturated rings. The molecule has 0 aromatic heterocycles. The summed E-state index contributed by atoms with van der Waals surface area (Å²) in [6.45, 7) is 0. The molecule has 2 heteroatoms. The van der Waals surface area contributed by atoms with Gasteiger partial charge in [0.2, 0.25) is 5.75 Å². The van der Waals surface area contributed by atoms with Crippen molar-refractivity contribution in [3.8, 4) is 11.5 Å².